The molecule has 1 unspecified atom stereocenters. The molecule has 16 heavy (non-hydrogen) atoms. The van der Waals surface area contributed by atoms with E-state index in [0.717, 1.165) is 0 Å². The van der Waals surface area contributed by atoms with E-state index in [0.29, 0.717) is 12.8 Å². The summed E-state index contributed by atoms with van der Waals surface area (Å²) in [6, 6.07) is 0.466. The van der Waals surface area contributed by atoms with Crippen LogP contribution in [0.25, 0.3) is 0 Å². The van der Waals surface area contributed by atoms with Crippen molar-refractivity contribution in [3.05, 3.63) is 0 Å². The maximum absolute atomic E-state index is 11.7. The summed E-state index contributed by atoms with van der Waals surface area (Å²) < 4.78 is 0. The average molecular weight is 231 g/mol. The summed E-state index contributed by atoms with van der Waals surface area (Å²) in [7, 11) is 0. The van der Waals surface area contributed by atoms with Crippen LogP contribution >= 0.6 is 0 Å². The van der Waals surface area contributed by atoms with Gasteiger partial charge in [0.05, 0.1) is 6.10 Å². The van der Waals surface area contributed by atoms with Gasteiger partial charge in [0.25, 0.3) is 0 Å². The zero-order valence-corrected chi connectivity index (χ0v) is 11.9. The number of hydrogen-bond donors (Lipinski definition) is 1. The molecule has 1 amide bonds. The SMILES string of the molecule is CC.CC(O)CCC(=O)N(C(C)C)C(C)C. The zero-order valence-electron chi connectivity index (χ0n) is 11.9. The highest BCUT2D eigenvalue weighted by Crippen LogP contribution is 2.09. The third-order valence-electron chi connectivity index (χ3n) is 2.18. The van der Waals surface area contributed by atoms with Crippen molar-refractivity contribution in [2.45, 2.75) is 79.5 Å². The first kappa shape index (κ1) is 17.8. The fourth-order valence-electron chi connectivity index (χ4n) is 1.63. The van der Waals surface area contributed by atoms with Crippen molar-refractivity contribution in [2.75, 3.05) is 0 Å². The number of carbonyl (C=O) groups excluding carboxylic acids is 1. The Kier molecular flexibility index (Phi) is 10.7. The van der Waals surface area contributed by atoms with Gasteiger partial charge in [-0.15, -0.1) is 0 Å². The molecule has 0 bridgehead atoms. The number of hydrogen-bond acceptors (Lipinski definition) is 2. The molecular weight excluding hydrogens is 202 g/mol. The number of aliphatic hydroxyl groups is 1. The van der Waals surface area contributed by atoms with Gasteiger partial charge < -0.3 is 10.0 Å². The number of rotatable bonds is 5. The normalized spacial score (nSPS) is 12.1. The number of nitrogens with zero attached hydrogens (tertiary/aromatic N) is 1. The first-order chi connectivity index (χ1) is 7.36. The molecule has 0 aliphatic heterocycles. The highest BCUT2D eigenvalue weighted by Gasteiger charge is 2.19. The minimum absolute atomic E-state index is 0.135. The maximum Gasteiger partial charge on any atom is 0.223 e. The predicted octanol–water partition coefficient (Wildman–Crippen LogP) is 2.82. The van der Waals surface area contributed by atoms with Gasteiger partial charge in [-0.25, -0.2) is 0 Å². The molecule has 0 aromatic carbocycles. The van der Waals surface area contributed by atoms with E-state index in [-0.39, 0.29) is 24.1 Å². The molecule has 0 saturated heterocycles. The van der Waals surface area contributed by atoms with Crippen molar-refractivity contribution in [1.29, 1.82) is 0 Å². The summed E-state index contributed by atoms with van der Waals surface area (Å²) in [6.07, 6.45) is 0.600. The van der Waals surface area contributed by atoms with Crippen LogP contribution in [0.4, 0.5) is 0 Å². The number of carbonyl (C=O) groups is 1. The van der Waals surface area contributed by atoms with Crippen molar-refractivity contribution in [2.24, 2.45) is 0 Å². The molecular formula is C13H29NO2. The highest BCUT2D eigenvalue weighted by atomic mass is 16.3. The van der Waals surface area contributed by atoms with Crippen LogP contribution in [0, 0.1) is 0 Å². The van der Waals surface area contributed by atoms with Gasteiger partial charge in [-0.1, -0.05) is 13.8 Å². The third-order valence-corrected chi connectivity index (χ3v) is 2.18. The minimum Gasteiger partial charge on any atom is -0.393 e. The number of amides is 1. The summed E-state index contributed by atoms with van der Waals surface area (Å²) >= 11 is 0. The first-order valence-electron chi connectivity index (χ1n) is 6.35. The van der Waals surface area contributed by atoms with Gasteiger partial charge in [0.1, 0.15) is 0 Å². The van der Waals surface area contributed by atoms with Gasteiger partial charge in [-0.2, -0.15) is 0 Å². The molecule has 0 aliphatic rings. The Morgan fingerprint density at radius 2 is 1.44 bits per heavy atom. The fraction of sp³-hybridized carbons (Fsp3) is 0.923. The van der Waals surface area contributed by atoms with Crippen molar-refractivity contribution in [3.63, 3.8) is 0 Å². The molecule has 0 aliphatic carbocycles. The summed E-state index contributed by atoms with van der Waals surface area (Å²) in [6.45, 7) is 13.8. The molecule has 0 spiro atoms. The van der Waals surface area contributed by atoms with Crippen LogP contribution in [0.15, 0.2) is 0 Å². The molecule has 0 radical (unpaired) electrons. The highest BCUT2D eigenvalue weighted by molar-refractivity contribution is 5.76. The molecule has 0 rings (SSSR count). The lowest BCUT2D eigenvalue weighted by Crippen LogP contribution is -2.42. The van der Waals surface area contributed by atoms with Gasteiger partial charge in [0, 0.05) is 18.5 Å². The number of aliphatic hydroxyl groups excluding tert-OH is 1. The van der Waals surface area contributed by atoms with E-state index < -0.39 is 0 Å². The van der Waals surface area contributed by atoms with Crippen molar-refractivity contribution < 1.29 is 9.90 Å². The van der Waals surface area contributed by atoms with Crippen molar-refractivity contribution in [1.82, 2.24) is 4.90 Å². The lowest BCUT2D eigenvalue weighted by molar-refractivity contribution is -0.135. The Morgan fingerprint density at radius 3 is 1.69 bits per heavy atom. The second-order valence-electron chi connectivity index (χ2n) is 4.38. The largest absolute Gasteiger partial charge is 0.393 e. The van der Waals surface area contributed by atoms with Gasteiger partial charge >= 0.3 is 0 Å². The van der Waals surface area contributed by atoms with Crippen molar-refractivity contribution in [3.8, 4) is 0 Å². The van der Waals surface area contributed by atoms with E-state index in [1.807, 2.05) is 46.4 Å². The van der Waals surface area contributed by atoms with Gasteiger partial charge in [0.15, 0.2) is 0 Å². The van der Waals surface area contributed by atoms with E-state index in [1.54, 1.807) is 6.92 Å². The predicted molar refractivity (Wildman–Crippen MR) is 69.4 cm³/mol. The second-order valence-corrected chi connectivity index (χ2v) is 4.38. The first-order valence-corrected chi connectivity index (χ1v) is 6.35. The summed E-state index contributed by atoms with van der Waals surface area (Å²) in [5.74, 6) is 0.135. The van der Waals surface area contributed by atoms with E-state index in [4.69, 9.17) is 5.11 Å². The zero-order chi connectivity index (χ0) is 13.3. The Hall–Kier alpha value is -0.570. The average Bonchev–Trinajstić information content (AvgIpc) is 2.16. The minimum atomic E-state index is -0.389. The van der Waals surface area contributed by atoms with Gasteiger partial charge in [-0.3, -0.25) is 4.79 Å². The van der Waals surface area contributed by atoms with E-state index in [2.05, 4.69) is 0 Å². The molecule has 0 aromatic heterocycles. The van der Waals surface area contributed by atoms with Crippen LogP contribution in [0.5, 0.6) is 0 Å². The summed E-state index contributed by atoms with van der Waals surface area (Å²) in [5, 5.41) is 9.09. The molecule has 0 fully saturated rings. The smallest absolute Gasteiger partial charge is 0.223 e. The fourth-order valence-corrected chi connectivity index (χ4v) is 1.63. The molecule has 0 aromatic rings. The van der Waals surface area contributed by atoms with Crippen molar-refractivity contribution >= 4 is 5.91 Å². The van der Waals surface area contributed by atoms with E-state index in [1.165, 1.54) is 0 Å². The third kappa shape index (κ3) is 7.69. The molecule has 3 heteroatoms. The molecule has 1 N–H and O–H groups in total. The monoisotopic (exact) mass is 231 g/mol. The van der Waals surface area contributed by atoms with Crippen LogP contribution in [0.1, 0.15) is 61.3 Å². The lowest BCUT2D eigenvalue weighted by atomic mass is 10.1. The molecule has 1 atom stereocenters. The van der Waals surface area contributed by atoms with Gasteiger partial charge in [-0.05, 0) is 41.0 Å². The van der Waals surface area contributed by atoms with E-state index >= 15 is 0 Å². The van der Waals surface area contributed by atoms with Crippen LogP contribution in [0.3, 0.4) is 0 Å². The van der Waals surface area contributed by atoms with Crippen LogP contribution in [-0.2, 0) is 4.79 Å². The second kappa shape index (κ2) is 9.64. The van der Waals surface area contributed by atoms with Crippen LogP contribution in [-0.4, -0.2) is 34.1 Å². The molecule has 3 nitrogen and oxygen atoms in total. The van der Waals surface area contributed by atoms with Crippen LogP contribution < -0.4 is 0 Å². The molecule has 0 heterocycles. The Labute approximate surface area is 101 Å². The van der Waals surface area contributed by atoms with Gasteiger partial charge in [0.2, 0.25) is 5.91 Å². The quantitative estimate of drug-likeness (QED) is 0.790. The summed E-state index contributed by atoms with van der Waals surface area (Å²) in [5.41, 5.74) is 0. The topological polar surface area (TPSA) is 40.5 Å². The van der Waals surface area contributed by atoms with Crippen LogP contribution in [0.2, 0.25) is 0 Å². The molecule has 98 valence electrons. The molecule has 0 saturated carbocycles. The Balaban J connectivity index is 0. The Morgan fingerprint density at radius 1 is 1.06 bits per heavy atom. The standard InChI is InChI=1S/C11H23NO2.C2H6/c1-8(2)12(9(3)4)11(14)7-6-10(5)13;1-2/h8-10,13H,6-7H2,1-5H3;1-2H3. The lowest BCUT2D eigenvalue weighted by Gasteiger charge is -2.31. The maximum atomic E-state index is 11.7. The Bertz CT molecular complexity index is 169. The summed E-state index contributed by atoms with van der Waals surface area (Å²) in [4.78, 5) is 13.6. The van der Waals surface area contributed by atoms with E-state index in [9.17, 15) is 4.79 Å².